The minimum Gasteiger partial charge on any atom is -0.354 e. The topological polar surface area (TPSA) is 29.1 Å². The zero-order valence-corrected chi connectivity index (χ0v) is 16.0. The van der Waals surface area contributed by atoms with Gasteiger partial charge in [-0.25, -0.2) is 0 Å². The van der Waals surface area contributed by atoms with E-state index in [2.05, 4.69) is 39.9 Å². The SMILES string of the molecule is CC(C)NC(=O)CCCSSC(C)(C)CCC(C)(C)C. The first kappa shape index (κ1) is 20.2. The second-order valence-electron chi connectivity index (χ2n) is 7.55. The Hall–Kier alpha value is 0.170. The highest BCUT2D eigenvalue weighted by molar-refractivity contribution is 8.77. The maximum atomic E-state index is 11.5. The van der Waals surface area contributed by atoms with Crippen LogP contribution in [0.2, 0.25) is 0 Å². The quantitative estimate of drug-likeness (QED) is 0.463. The molecular formula is C16H33NOS2. The van der Waals surface area contributed by atoms with Crippen molar-refractivity contribution in [2.75, 3.05) is 5.75 Å². The molecule has 0 aliphatic rings. The van der Waals surface area contributed by atoms with Crippen LogP contribution in [0.15, 0.2) is 0 Å². The molecule has 0 bridgehead atoms. The smallest absolute Gasteiger partial charge is 0.220 e. The summed E-state index contributed by atoms with van der Waals surface area (Å²) in [4.78, 5) is 11.5. The third-order valence-electron chi connectivity index (χ3n) is 2.84. The lowest BCUT2D eigenvalue weighted by atomic mass is 9.87. The summed E-state index contributed by atoms with van der Waals surface area (Å²) in [7, 11) is 3.88. The Kier molecular flexibility index (Phi) is 9.32. The third kappa shape index (κ3) is 13.2. The van der Waals surface area contributed by atoms with Gasteiger partial charge >= 0.3 is 0 Å². The predicted molar refractivity (Wildman–Crippen MR) is 95.3 cm³/mol. The Bertz CT molecular complexity index is 283. The standard InChI is InChI=1S/C16H33NOS2/c1-13(2)17-14(18)9-8-12-19-20-16(6,7)11-10-15(3,4)5/h13H,8-12H2,1-7H3,(H,17,18). The lowest BCUT2D eigenvalue weighted by Gasteiger charge is -2.27. The molecule has 1 amide bonds. The molecule has 2 nitrogen and oxygen atoms in total. The molecule has 0 saturated carbocycles. The van der Waals surface area contributed by atoms with Crippen molar-refractivity contribution in [3.63, 3.8) is 0 Å². The number of rotatable bonds is 9. The number of hydrogen-bond acceptors (Lipinski definition) is 3. The second-order valence-corrected chi connectivity index (χ2v) is 10.7. The van der Waals surface area contributed by atoms with Crippen LogP contribution in [-0.4, -0.2) is 22.4 Å². The second kappa shape index (κ2) is 9.24. The Morgan fingerprint density at radius 3 is 2.20 bits per heavy atom. The lowest BCUT2D eigenvalue weighted by Crippen LogP contribution is -2.29. The zero-order valence-electron chi connectivity index (χ0n) is 14.3. The highest BCUT2D eigenvalue weighted by atomic mass is 33.1. The fourth-order valence-electron chi connectivity index (χ4n) is 1.60. The summed E-state index contributed by atoms with van der Waals surface area (Å²) in [5.41, 5.74) is 0.414. The van der Waals surface area contributed by atoms with Gasteiger partial charge in [0.1, 0.15) is 0 Å². The average molecular weight is 320 g/mol. The van der Waals surface area contributed by atoms with Gasteiger partial charge in [-0.1, -0.05) is 42.4 Å². The van der Waals surface area contributed by atoms with Crippen molar-refractivity contribution in [3.8, 4) is 0 Å². The molecule has 0 spiro atoms. The molecule has 0 rings (SSSR count). The molecule has 120 valence electrons. The molecule has 0 aromatic carbocycles. The Balaban J connectivity index is 3.70. The van der Waals surface area contributed by atoms with Crippen molar-refractivity contribution in [2.45, 2.75) is 84.9 Å². The van der Waals surface area contributed by atoms with Gasteiger partial charge in [0.05, 0.1) is 0 Å². The summed E-state index contributed by atoms with van der Waals surface area (Å²) in [5.74, 6) is 1.23. The zero-order chi connectivity index (χ0) is 15.8. The molecule has 0 aliphatic heterocycles. The van der Waals surface area contributed by atoms with Gasteiger partial charge < -0.3 is 5.32 Å². The van der Waals surface area contributed by atoms with Crippen molar-refractivity contribution in [1.29, 1.82) is 0 Å². The van der Waals surface area contributed by atoms with Gasteiger partial charge in [-0.05, 0) is 52.4 Å². The fraction of sp³-hybridized carbons (Fsp3) is 0.938. The van der Waals surface area contributed by atoms with E-state index in [0.29, 0.717) is 16.6 Å². The van der Waals surface area contributed by atoms with Gasteiger partial charge in [-0.3, -0.25) is 4.79 Å². The van der Waals surface area contributed by atoms with Gasteiger partial charge in [0.15, 0.2) is 0 Å². The average Bonchev–Trinajstić information content (AvgIpc) is 2.24. The summed E-state index contributed by atoms with van der Waals surface area (Å²) >= 11 is 0. The third-order valence-corrected chi connectivity index (χ3v) is 6.28. The van der Waals surface area contributed by atoms with Gasteiger partial charge in [0.2, 0.25) is 5.91 Å². The normalized spacial score (nSPS) is 12.8. The largest absolute Gasteiger partial charge is 0.354 e. The van der Waals surface area contributed by atoms with Crippen LogP contribution in [0.4, 0.5) is 0 Å². The van der Waals surface area contributed by atoms with Crippen LogP contribution in [0.3, 0.4) is 0 Å². The van der Waals surface area contributed by atoms with Crippen LogP contribution in [0, 0.1) is 5.41 Å². The predicted octanol–water partition coefficient (Wildman–Crippen LogP) is 5.28. The first-order valence-electron chi connectivity index (χ1n) is 7.62. The summed E-state index contributed by atoms with van der Waals surface area (Å²) in [6.07, 6.45) is 4.10. The van der Waals surface area contributed by atoms with E-state index in [9.17, 15) is 4.79 Å². The molecule has 0 saturated heterocycles. The van der Waals surface area contributed by atoms with E-state index < -0.39 is 0 Å². The van der Waals surface area contributed by atoms with Crippen molar-refractivity contribution in [3.05, 3.63) is 0 Å². The van der Waals surface area contributed by atoms with Crippen LogP contribution < -0.4 is 5.32 Å². The summed E-state index contributed by atoms with van der Waals surface area (Å²) in [5, 5.41) is 2.93. The number of hydrogen-bond donors (Lipinski definition) is 1. The van der Waals surface area contributed by atoms with Crippen molar-refractivity contribution in [1.82, 2.24) is 5.32 Å². The minimum atomic E-state index is 0.178. The molecule has 0 radical (unpaired) electrons. The van der Waals surface area contributed by atoms with Crippen LogP contribution >= 0.6 is 21.6 Å². The molecule has 0 aliphatic carbocycles. The molecule has 4 heteroatoms. The highest BCUT2D eigenvalue weighted by Gasteiger charge is 2.22. The van der Waals surface area contributed by atoms with Gasteiger partial charge in [-0.2, -0.15) is 0 Å². The maximum Gasteiger partial charge on any atom is 0.220 e. The molecule has 0 aromatic heterocycles. The van der Waals surface area contributed by atoms with Gasteiger partial charge in [0.25, 0.3) is 0 Å². The minimum absolute atomic E-state index is 0.178. The van der Waals surface area contributed by atoms with Crippen LogP contribution in [0.1, 0.15) is 74.1 Å². The van der Waals surface area contributed by atoms with E-state index >= 15 is 0 Å². The fourth-order valence-corrected chi connectivity index (χ4v) is 4.27. The van der Waals surface area contributed by atoms with Crippen molar-refractivity contribution < 1.29 is 4.79 Å². The maximum absolute atomic E-state index is 11.5. The first-order valence-corrected chi connectivity index (χ1v) is 9.94. The highest BCUT2D eigenvalue weighted by Crippen LogP contribution is 2.41. The lowest BCUT2D eigenvalue weighted by molar-refractivity contribution is -0.121. The molecule has 0 atom stereocenters. The van der Waals surface area contributed by atoms with Crippen molar-refractivity contribution in [2.24, 2.45) is 5.41 Å². The Labute approximate surface area is 134 Å². The van der Waals surface area contributed by atoms with E-state index in [1.54, 1.807) is 0 Å². The van der Waals surface area contributed by atoms with Crippen LogP contribution in [0.25, 0.3) is 0 Å². The molecule has 0 unspecified atom stereocenters. The molecule has 0 fully saturated rings. The number of carbonyl (C=O) groups is 1. The molecule has 1 N–H and O–H groups in total. The van der Waals surface area contributed by atoms with Crippen LogP contribution in [-0.2, 0) is 4.79 Å². The number of nitrogens with one attached hydrogen (secondary N) is 1. The van der Waals surface area contributed by atoms with E-state index in [-0.39, 0.29) is 11.9 Å². The van der Waals surface area contributed by atoms with E-state index in [4.69, 9.17) is 0 Å². The Morgan fingerprint density at radius 1 is 1.10 bits per heavy atom. The number of amides is 1. The van der Waals surface area contributed by atoms with Crippen LogP contribution in [0.5, 0.6) is 0 Å². The summed E-state index contributed by atoms with van der Waals surface area (Å²) in [6, 6.07) is 0.251. The molecule has 0 aromatic rings. The van der Waals surface area contributed by atoms with Crippen molar-refractivity contribution >= 4 is 27.5 Å². The summed E-state index contributed by atoms with van der Waals surface area (Å²) in [6.45, 7) is 15.5. The van der Waals surface area contributed by atoms with E-state index in [1.165, 1.54) is 12.8 Å². The van der Waals surface area contributed by atoms with E-state index in [0.717, 1.165) is 12.2 Å². The van der Waals surface area contributed by atoms with Gasteiger partial charge in [0, 0.05) is 23.0 Å². The summed E-state index contributed by atoms with van der Waals surface area (Å²) < 4.78 is 0.318. The molecular weight excluding hydrogens is 286 g/mol. The molecule has 20 heavy (non-hydrogen) atoms. The molecule has 0 heterocycles. The van der Waals surface area contributed by atoms with E-state index in [1.807, 2.05) is 35.4 Å². The monoisotopic (exact) mass is 319 g/mol. The first-order chi connectivity index (χ1) is 9.02. The Morgan fingerprint density at radius 2 is 1.70 bits per heavy atom. The van der Waals surface area contributed by atoms with Gasteiger partial charge in [-0.15, -0.1) is 0 Å². The number of carbonyl (C=O) groups excluding carboxylic acids is 1.